The summed E-state index contributed by atoms with van der Waals surface area (Å²) >= 11 is 0. The van der Waals surface area contributed by atoms with E-state index in [-0.39, 0.29) is 0 Å². The monoisotopic (exact) mass is 288 g/mol. The first-order chi connectivity index (χ1) is 10.0. The summed E-state index contributed by atoms with van der Waals surface area (Å²) in [6.07, 6.45) is 3.28. The van der Waals surface area contributed by atoms with E-state index in [4.69, 9.17) is 15.2 Å². The van der Waals surface area contributed by atoms with Crippen molar-refractivity contribution in [1.82, 2.24) is 9.66 Å². The van der Waals surface area contributed by atoms with E-state index >= 15 is 0 Å². The third-order valence-corrected chi connectivity index (χ3v) is 2.79. The Balaban J connectivity index is 2.32. The van der Waals surface area contributed by atoms with Gasteiger partial charge < -0.3 is 15.2 Å². The van der Waals surface area contributed by atoms with Gasteiger partial charge >= 0.3 is 5.97 Å². The SMILES string of the molecule is COC(=O)c1cc(C=Nn2cc(C)nc2N)ccc1OC. The molecule has 0 radical (unpaired) electrons. The molecular formula is C14H16N4O3. The highest BCUT2D eigenvalue weighted by Gasteiger charge is 2.12. The lowest BCUT2D eigenvalue weighted by Gasteiger charge is -2.07. The van der Waals surface area contributed by atoms with Gasteiger partial charge in [0.25, 0.3) is 0 Å². The van der Waals surface area contributed by atoms with E-state index in [1.54, 1.807) is 30.6 Å². The minimum Gasteiger partial charge on any atom is -0.496 e. The predicted molar refractivity (Wildman–Crippen MR) is 78.7 cm³/mol. The Morgan fingerprint density at radius 2 is 2.19 bits per heavy atom. The Kier molecular flexibility index (Phi) is 4.22. The average Bonchev–Trinajstić information content (AvgIpc) is 2.81. The number of esters is 1. The minimum absolute atomic E-state index is 0.297. The van der Waals surface area contributed by atoms with Gasteiger partial charge in [0.1, 0.15) is 11.3 Å². The van der Waals surface area contributed by atoms with Gasteiger partial charge in [0, 0.05) is 0 Å². The summed E-state index contributed by atoms with van der Waals surface area (Å²) in [5.74, 6) is 0.266. The molecule has 21 heavy (non-hydrogen) atoms. The maximum absolute atomic E-state index is 11.7. The summed E-state index contributed by atoms with van der Waals surface area (Å²) in [5, 5.41) is 4.19. The van der Waals surface area contributed by atoms with E-state index in [1.807, 2.05) is 6.92 Å². The van der Waals surface area contributed by atoms with Gasteiger partial charge in [0.05, 0.1) is 32.3 Å². The first-order valence-corrected chi connectivity index (χ1v) is 6.17. The first-order valence-electron chi connectivity index (χ1n) is 6.17. The molecule has 1 aromatic heterocycles. The van der Waals surface area contributed by atoms with Gasteiger partial charge in [-0.1, -0.05) is 0 Å². The molecule has 0 unspecified atom stereocenters. The van der Waals surface area contributed by atoms with Crippen LogP contribution in [-0.2, 0) is 4.74 Å². The highest BCUT2D eigenvalue weighted by atomic mass is 16.5. The summed E-state index contributed by atoms with van der Waals surface area (Å²) in [5.41, 5.74) is 7.51. The standard InChI is InChI=1S/C14H16N4O3/c1-9-8-18(14(15)17-9)16-7-10-4-5-12(20-2)11(6-10)13(19)21-3/h4-8H,1-3H3,(H2,15,17). The zero-order valence-electron chi connectivity index (χ0n) is 12.0. The van der Waals surface area contributed by atoms with Crippen molar-refractivity contribution in [1.29, 1.82) is 0 Å². The Hall–Kier alpha value is -2.83. The number of methoxy groups -OCH3 is 2. The lowest BCUT2D eigenvalue weighted by Crippen LogP contribution is -2.05. The largest absolute Gasteiger partial charge is 0.496 e. The van der Waals surface area contributed by atoms with Gasteiger partial charge in [-0.2, -0.15) is 5.10 Å². The van der Waals surface area contributed by atoms with Gasteiger partial charge in [0.15, 0.2) is 0 Å². The molecule has 0 spiro atoms. The molecule has 1 heterocycles. The Bertz CT molecular complexity index is 692. The molecule has 7 heteroatoms. The third-order valence-electron chi connectivity index (χ3n) is 2.79. The summed E-state index contributed by atoms with van der Waals surface area (Å²) in [4.78, 5) is 15.7. The quantitative estimate of drug-likeness (QED) is 0.679. The van der Waals surface area contributed by atoms with Crippen LogP contribution in [0.15, 0.2) is 29.5 Å². The van der Waals surface area contributed by atoms with Crippen molar-refractivity contribution in [3.8, 4) is 5.75 Å². The summed E-state index contributed by atoms with van der Waals surface area (Å²) < 4.78 is 11.3. The zero-order valence-corrected chi connectivity index (χ0v) is 12.0. The molecule has 110 valence electrons. The summed E-state index contributed by atoms with van der Waals surface area (Å²) in [6.45, 7) is 1.82. The van der Waals surface area contributed by atoms with E-state index in [1.165, 1.54) is 18.9 Å². The highest BCUT2D eigenvalue weighted by Crippen LogP contribution is 2.20. The first kappa shape index (κ1) is 14.6. The lowest BCUT2D eigenvalue weighted by molar-refractivity contribution is 0.0597. The molecule has 0 atom stereocenters. The molecule has 0 saturated carbocycles. The van der Waals surface area contributed by atoms with Crippen LogP contribution in [0.3, 0.4) is 0 Å². The second-order valence-electron chi connectivity index (χ2n) is 4.28. The van der Waals surface area contributed by atoms with Gasteiger partial charge in [0.2, 0.25) is 5.95 Å². The average molecular weight is 288 g/mol. The molecule has 0 fully saturated rings. The Morgan fingerprint density at radius 3 is 2.76 bits per heavy atom. The predicted octanol–water partition coefficient (Wildman–Crippen LogP) is 1.45. The molecule has 0 aliphatic heterocycles. The number of carbonyl (C=O) groups is 1. The number of aromatic nitrogens is 2. The van der Waals surface area contributed by atoms with Gasteiger partial charge in [-0.15, -0.1) is 0 Å². The van der Waals surface area contributed by atoms with Crippen molar-refractivity contribution < 1.29 is 14.3 Å². The third kappa shape index (κ3) is 3.19. The van der Waals surface area contributed by atoms with Crippen molar-refractivity contribution in [3.63, 3.8) is 0 Å². The van der Waals surface area contributed by atoms with Crippen LogP contribution in [0.2, 0.25) is 0 Å². The number of anilines is 1. The molecule has 2 aromatic rings. The number of nitrogen functional groups attached to an aromatic ring is 1. The maximum Gasteiger partial charge on any atom is 0.341 e. The molecule has 0 aliphatic carbocycles. The number of carbonyl (C=O) groups excluding carboxylic acids is 1. The lowest BCUT2D eigenvalue weighted by atomic mass is 10.1. The van der Waals surface area contributed by atoms with Crippen LogP contribution >= 0.6 is 0 Å². The topological polar surface area (TPSA) is 91.7 Å². The van der Waals surface area contributed by atoms with E-state index in [9.17, 15) is 4.79 Å². The number of nitrogens with zero attached hydrogens (tertiary/aromatic N) is 3. The second-order valence-corrected chi connectivity index (χ2v) is 4.28. The Morgan fingerprint density at radius 1 is 1.43 bits per heavy atom. The van der Waals surface area contributed by atoms with Crippen LogP contribution in [0.1, 0.15) is 21.6 Å². The van der Waals surface area contributed by atoms with Crippen LogP contribution in [0.5, 0.6) is 5.75 Å². The molecule has 1 aromatic carbocycles. The number of aryl methyl sites for hydroxylation is 1. The molecule has 2 N–H and O–H groups in total. The number of hydrogen-bond donors (Lipinski definition) is 1. The molecule has 0 saturated heterocycles. The fraction of sp³-hybridized carbons (Fsp3) is 0.214. The van der Waals surface area contributed by atoms with E-state index in [0.29, 0.717) is 22.8 Å². The second kappa shape index (κ2) is 6.08. The van der Waals surface area contributed by atoms with E-state index < -0.39 is 5.97 Å². The van der Waals surface area contributed by atoms with Crippen molar-refractivity contribution >= 4 is 18.1 Å². The molecule has 7 nitrogen and oxygen atoms in total. The van der Waals surface area contributed by atoms with Crippen LogP contribution in [0.25, 0.3) is 0 Å². The van der Waals surface area contributed by atoms with E-state index in [2.05, 4.69) is 10.1 Å². The van der Waals surface area contributed by atoms with Crippen molar-refractivity contribution in [3.05, 3.63) is 41.2 Å². The minimum atomic E-state index is -0.472. The normalized spacial score (nSPS) is 10.8. The molecule has 0 aliphatic rings. The van der Waals surface area contributed by atoms with Crippen LogP contribution in [-0.4, -0.2) is 36.1 Å². The number of rotatable bonds is 4. The van der Waals surface area contributed by atoms with Crippen LogP contribution in [0.4, 0.5) is 5.95 Å². The fourth-order valence-electron chi connectivity index (χ4n) is 1.80. The van der Waals surface area contributed by atoms with Gasteiger partial charge in [-0.05, 0) is 30.7 Å². The maximum atomic E-state index is 11.7. The molecule has 0 amide bonds. The van der Waals surface area contributed by atoms with Crippen LogP contribution < -0.4 is 10.5 Å². The van der Waals surface area contributed by atoms with Gasteiger partial charge in [-0.25, -0.2) is 14.5 Å². The fourth-order valence-corrected chi connectivity index (χ4v) is 1.80. The number of ether oxygens (including phenoxy) is 2. The van der Waals surface area contributed by atoms with Crippen molar-refractivity contribution in [2.45, 2.75) is 6.92 Å². The van der Waals surface area contributed by atoms with Gasteiger partial charge in [-0.3, -0.25) is 0 Å². The van der Waals surface area contributed by atoms with Crippen molar-refractivity contribution in [2.24, 2.45) is 5.10 Å². The summed E-state index contributed by atoms with van der Waals surface area (Å²) in [6, 6.07) is 5.08. The zero-order chi connectivity index (χ0) is 15.4. The molecular weight excluding hydrogens is 272 g/mol. The van der Waals surface area contributed by atoms with Crippen LogP contribution in [0, 0.1) is 6.92 Å². The smallest absolute Gasteiger partial charge is 0.341 e. The molecule has 2 rings (SSSR count). The number of imidazole rings is 1. The molecule has 0 bridgehead atoms. The highest BCUT2D eigenvalue weighted by molar-refractivity contribution is 5.95. The number of benzene rings is 1. The number of hydrogen-bond acceptors (Lipinski definition) is 6. The number of nitrogens with two attached hydrogens (primary N) is 1. The Labute approximate surface area is 122 Å². The van der Waals surface area contributed by atoms with E-state index in [0.717, 1.165) is 5.69 Å². The summed E-state index contributed by atoms with van der Waals surface area (Å²) in [7, 11) is 2.81. The van der Waals surface area contributed by atoms with Crippen molar-refractivity contribution in [2.75, 3.05) is 20.0 Å².